The standard InChI is InChI=1S/C26H29N3O4/c1-6-33-19-10-8-18(9-11-19)29-24(31)21(23(30)27-25(29)32)14-17-7-12-22-20(13-17)16(2)15-26(3,4)28(22)5/h7-14,16H,6,15H2,1-5H3,(H,27,30,32)/b21-14+/t16-/m1/s1. The van der Waals surface area contributed by atoms with Crippen LogP contribution >= 0.6 is 0 Å². The van der Waals surface area contributed by atoms with Crippen molar-refractivity contribution < 1.29 is 19.1 Å². The maximum Gasteiger partial charge on any atom is 0.335 e. The van der Waals surface area contributed by atoms with E-state index in [-0.39, 0.29) is 11.1 Å². The van der Waals surface area contributed by atoms with Crippen LogP contribution in [0.1, 0.15) is 51.2 Å². The minimum Gasteiger partial charge on any atom is -0.494 e. The molecule has 2 aromatic carbocycles. The lowest BCUT2D eigenvalue weighted by Crippen LogP contribution is -2.54. The first kappa shape index (κ1) is 22.6. The largest absolute Gasteiger partial charge is 0.494 e. The normalized spacial score (nSPS) is 21.2. The Kier molecular flexibility index (Phi) is 5.74. The third-order valence-electron chi connectivity index (χ3n) is 6.48. The Bertz CT molecular complexity index is 1150. The van der Waals surface area contributed by atoms with Gasteiger partial charge in [-0.15, -0.1) is 0 Å². The molecule has 4 amide bonds. The molecule has 2 aliphatic heterocycles. The summed E-state index contributed by atoms with van der Waals surface area (Å²) in [5.74, 6) is -0.384. The molecule has 2 aliphatic rings. The minimum atomic E-state index is -0.769. The number of nitrogens with zero attached hydrogens (tertiary/aromatic N) is 2. The van der Waals surface area contributed by atoms with Gasteiger partial charge in [0.25, 0.3) is 11.8 Å². The first-order chi connectivity index (χ1) is 15.6. The molecule has 0 saturated carbocycles. The molecule has 4 rings (SSSR count). The van der Waals surface area contributed by atoms with Gasteiger partial charge in [-0.25, -0.2) is 9.69 Å². The van der Waals surface area contributed by atoms with Gasteiger partial charge in [0, 0.05) is 18.3 Å². The van der Waals surface area contributed by atoms with E-state index < -0.39 is 17.8 Å². The summed E-state index contributed by atoms with van der Waals surface area (Å²) in [4.78, 5) is 41.4. The molecule has 7 nitrogen and oxygen atoms in total. The number of ether oxygens (including phenoxy) is 1. The Morgan fingerprint density at radius 2 is 1.82 bits per heavy atom. The summed E-state index contributed by atoms with van der Waals surface area (Å²) >= 11 is 0. The minimum absolute atomic E-state index is 0.0458. The summed E-state index contributed by atoms with van der Waals surface area (Å²) in [6.45, 7) is 9.02. The lowest BCUT2D eigenvalue weighted by atomic mass is 9.80. The van der Waals surface area contributed by atoms with Crippen LogP contribution in [0.5, 0.6) is 5.75 Å². The van der Waals surface area contributed by atoms with Crippen LogP contribution < -0.4 is 19.9 Å². The van der Waals surface area contributed by atoms with E-state index in [1.54, 1.807) is 30.3 Å². The number of hydrogen-bond acceptors (Lipinski definition) is 5. The van der Waals surface area contributed by atoms with E-state index in [1.807, 2.05) is 25.1 Å². The number of rotatable bonds is 4. The van der Waals surface area contributed by atoms with Crippen LogP contribution in [0.25, 0.3) is 6.08 Å². The molecule has 0 bridgehead atoms. The SMILES string of the molecule is CCOc1ccc(N2C(=O)NC(=O)/C(=C\c3ccc4c(c3)[C@H](C)CC(C)(C)N4C)C2=O)cc1. The maximum atomic E-state index is 13.2. The molecule has 2 aromatic rings. The Morgan fingerprint density at radius 1 is 1.12 bits per heavy atom. The monoisotopic (exact) mass is 447 g/mol. The van der Waals surface area contributed by atoms with Crippen molar-refractivity contribution in [1.82, 2.24) is 5.32 Å². The molecule has 172 valence electrons. The fourth-order valence-electron chi connectivity index (χ4n) is 4.60. The van der Waals surface area contributed by atoms with Crippen molar-refractivity contribution in [2.24, 2.45) is 0 Å². The third-order valence-corrected chi connectivity index (χ3v) is 6.48. The van der Waals surface area contributed by atoms with Gasteiger partial charge in [0.1, 0.15) is 11.3 Å². The Morgan fingerprint density at radius 3 is 2.48 bits per heavy atom. The summed E-state index contributed by atoms with van der Waals surface area (Å²) < 4.78 is 5.42. The highest BCUT2D eigenvalue weighted by molar-refractivity contribution is 6.39. The first-order valence-electron chi connectivity index (χ1n) is 11.1. The van der Waals surface area contributed by atoms with Crippen LogP contribution in [0.4, 0.5) is 16.2 Å². The van der Waals surface area contributed by atoms with Crippen LogP contribution in [-0.2, 0) is 9.59 Å². The molecule has 0 unspecified atom stereocenters. The average molecular weight is 448 g/mol. The van der Waals surface area contributed by atoms with Gasteiger partial charge in [-0.2, -0.15) is 0 Å². The fourth-order valence-corrected chi connectivity index (χ4v) is 4.60. The lowest BCUT2D eigenvalue weighted by molar-refractivity contribution is -0.122. The van der Waals surface area contributed by atoms with Crippen LogP contribution in [0, 0.1) is 0 Å². The topological polar surface area (TPSA) is 79.0 Å². The molecule has 0 aromatic heterocycles. The lowest BCUT2D eigenvalue weighted by Gasteiger charge is -2.45. The molecule has 1 fully saturated rings. The number of fused-ring (bicyclic) bond motifs is 1. The second-order valence-corrected chi connectivity index (χ2v) is 9.18. The molecule has 0 spiro atoms. The number of amides is 4. The predicted octanol–water partition coefficient (Wildman–Crippen LogP) is 4.47. The molecule has 1 N–H and O–H groups in total. The van der Waals surface area contributed by atoms with Gasteiger partial charge in [0.2, 0.25) is 0 Å². The van der Waals surface area contributed by atoms with E-state index >= 15 is 0 Å². The zero-order valence-corrected chi connectivity index (χ0v) is 19.6. The number of barbiturate groups is 1. The number of carbonyl (C=O) groups is 3. The van der Waals surface area contributed by atoms with Crippen molar-refractivity contribution in [2.75, 3.05) is 23.5 Å². The van der Waals surface area contributed by atoms with Gasteiger partial charge in [-0.05, 0) is 86.7 Å². The van der Waals surface area contributed by atoms with E-state index in [9.17, 15) is 14.4 Å². The summed E-state index contributed by atoms with van der Waals surface area (Å²) in [7, 11) is 2.08. The zero-order valence-electron chi connectivity index (χ0n) is 19.6. The number of carbonyl (C=O) groups excluding carboxylic acids is 3. The van der Waals surface area contributed by atoms with Gasteiger partial charge >= 0.3 is 6.03 Å². The van der Waals surface area contributed by atoms with E-state index in [0.29, 0.717) is 24.0 Å². The second-order valence-electron chi connectivity index (χ2n) is 9.18. The summed E-state index contributed by atoms with van der Waals surface area (Å²) in [5, 5.41) is 2.28. The van der Waals surface area contributed by atoms with Crippen molar-refractivity contribution in [3.63, 3.8) is 0 Å². The molecule has 0 radical (unpaired) electrons. The van der Waals surface area contributed by atoms with Gasteiger partial charge in [0.15, 0.2) is 0 Å². The van der Waals surface area contributed by atoms with Crippen molar-refractivity contribution >= 4 is 35.3 Å². The van der Waals surface area contributed by atoms with Crippen LogP contribution in [0.15, 0.2) is 48.0 Å². The highest BCUT2D eigenvalue weighted by atomic mass is 16.5. The van der Waals surface area contributed by atoms with Gasteiger partial charge in [-0.1, -0.05) is 13.0 Å². The Labute approximate surface area is 194 Å². The van der Waals surface area contributed by atoms with Crippen molar-refractivity contribution in [3.8, 4) is 5.75 Å². The Balaban J connectivity index is 1.68. The molecular formula is C26H29N3O4. The van der Waals surface area contributed by atoms with Crippen molar-refractivity contribution in [2.45, 2.75) is 45.6 Å². The number of hydrogen-bond donors (Lipinski definition) is 1. The van der Waals surface area contributed by atoms with Crippen molar-refractivity contribution in [3.05, 3.63) is 59.2 Å². The average Bonchev–Trinajstić information content (AvgIpc) is 2.76. The quantitative estimate of drug-likeness (QED) is 0.553. The fraction of sp³-hybridized carbons (Fsp3) is 0.346. The highest BCUT2D eigenvalue weighted by Gasteiger charge is 2.37. The smallest absolute Gasteiger partial charge is 0.335 e. The molecule has 7 heteroatoms. The third kappa shape index (κ3) is 4.11. The summed E-state index contributed by atoms with van der Waals surface area (Å²) in [6.07, 6.45) is 2.55. The maximum absolute atomic E-state index is 13.2. The number of anilines is 2. The van der Waals surface area contributed by atoms with E-state index in [1.165, 1.54) is 5.56 Å². The predicted molar refractivity (Wildman–Crippen MR) is 129 cm³/mol. The molecule has 2 heterocycles. The van der Waals surface area contributed by atoms with Crippen molar-refractivity contribution in [1.29, 1.82) is 0 Å². The van der Waals surface area contributed by atoms with Crippen LogP contribution in [0.2, 0.25) is 0 Å². The molecule has 1 atom stereocenters. The first-order valence-corrected chi connectivity index (χ1v) is 11.1. The molecule has 33 heavy (non-hydrogen) atoms. The molecule has 1 saturated heterocycles. The Hall–Kier alpha value is -3.61. The van der Waals surface area contributed by atoms with Gasteiger partial charge in [0.05, 0.1) is 12.3 Å². The highest BCUT2D eigenvalue weighted by Crippen LogP contribution is 2.42. The summed E-state index contributed by atoms with van der Waals surface area (Å²) in [6, 6.07) is 11.8. The van der Waals surface area contributed by atoms with Crippen LogP contribution in [-0.4, -0.2) is 37.0 Å². The second kappa shape index (κ2) is 8.39. The number of urea groups is 1. The van der Waals surface area contributed by atoms with E-state index in [0.717, 1.165) is 22.6 Å². The molecule has 0 aliphatic carbocycles. The zero-order chi connectivity index (χ0) is 23.9. The number of benzene rings is 2. The van der Waals surface area contributed by atoms with E-state index in [4.69, 9.17) is 4.74 Å². The van der Waals surface area contributed by atoms with Gasteiger partial charge in [-0.3, -0.25) is 14.9 Å². The number of imide groups is 2. The summed E-state index contributed by atoms with van der Waals surface area (Å²) in [5.41, 5.74) is 3.39. The van der Waals surface area contributed by atoms with Crippen LogP contribution in [0.3, 0.4) is 0 Å². The van der Waals surface area contributed by atoms with E-state index in [2.05, 4.69) is 38.0 Å². The van der Waals surface area contributed by atoms with Gasteiger partial charge < -0.3 is 9.64 Å². The molecular weight excluding hydrogens is 418 g/mol. The number of nitrogens with one attached hydrogen (secondary N) is 1.